The summed E-state index contributed by atoms with van der Waals surface area (Å²) in [5.41, 5.74) is 5.95. The van der Waals surface area contributed by atoms with Crippen molar-refractivity contribution in [3.8, 4) is 0 Å². The molecular formula is C21H22ClNO5. The molecule has 2 aliphatic rings. The van der Waals surface area contributed by atoms with Crippen LogP contribution in [0.4, 0.5) is 0 Å². The lowest BCUT2D eigenvalue weighted by molar-refractivity contribution is -0.420. The number of hydrogen-bond donors (Lipinski definition) is 1. The minimum atomic E-state index is -1.27. The first-order chi connectivity index (χ1) is 13.4. The molecular weight excluding hydrogens is 382 g/mol. The van der Waals surface area contributed by atoms with Crippen LogP contribution in [0, 0.1) is 5.92 Å². The van der Waals surface area contributed by atoms with Gasteiger partial charge < -0.3 is 25.1 Å². The van der Waals surface area contributed by atoms with Crippen molar-refractivity contribution in [1.29, 1.82) is 0 Å². The highest BCUT2D eigenvalue weighted by atomic mass is 35.5. The second kappa shape index (κ2) is 8.73. The molecule has 4 rings (SSSR count). The maximum Gasteiger partial charge on any atom is 0.308 e. The van der Waals surface area contributed by atoms with E-state index in [2.05, 4.69) is 12.7 Å². The number of carboxylic acid groups (broad SMARTS) is 1. The molecule has 2 fully saturated rings. The molecule has 0 aromatic heterocycles. The van der Waals surface area contributed by atoms with E-state index in [0.717, 1.165) is 10.6 Å². The number of fused-ring (bicyclic) bond motifs is 1. The van der Waals surface area contributed by atoms with Crippen LogP contribution in [0.3, 0.4) is 0 Å². The van der Waals surface area contributed by atoms with Crippen molar-refractivity contribution in [2.75, 3.05) is 0 Å². The van der Waals surface area contributed by atoms with Crippen LogP contribution in [0.25, 0.3) is 0 Å². The fourth-order valence-corrected chi connectivity index (χ4v) is 3.65. The Morgan fingerprint density at radius 1 is 1.18 bits per heavy atom. The highest BCUT2D eigenvalue weighted by Crippen LogP contribution is 2.45. The van der Waals surface area contributed by atoms with Crippen molar-refractivity contribution in [1.82, 2.24) is 0 Å². The summed E-state index contributed by atoms with van der Waals surface area (Å²) in [6, 6.07) is 17.3. The maximum absolute atomic E-state index is 11.2. The molecule has 0 unspecified atom stereocenters. The second-order valence-electron chi connectivity index (χ2n) is 6.99. The van der Waals surface area contributed by atoms with Gasteiger partial charge in [0.2, 0.25) is 6.29 Å². The molecule has 2 saturated heterocycles. The highest BCUT2D eigenvalue weighted by Gasteiger charge is 2.52. The summed E-state index contributed by atoms with van der Waals surface area (Å²) in [5.74, 6) is -2.26. The fraction of sp³-hybridized carbons (Fsp3) is 0.333. The van der Waals surface area contributed by atoms with E-state index in [-0.39, 0.29) is 18.3 Å². The van der Waals surface area contributed by atoms with Crippen molar-refractivity contribution in [2.24, 2.45) is 5.92 Å². The van der Waals surface area contributed by atoms with Crippen molar-refractivity contribution in [3.05, 3.63) is 70.7 Å². The summed E-state index contributed by atoms with van der Waals surface area (Å²) in [4.78, 5) is 22.4. The van der Waals surface area contributed by atoms with Crippen LogP contribution in [-0.4, -0.2) is 24.3 Å². The number of carbonyl (C=O) groups excluding carboxylic acids is 2. The van der Waals surface area contributed by atoms with Crippen LogP contribution >= 0.6 is 11.6 Å². The number of carbonyl (C=O) groups is 2. The Morgan fingerprint density at radius 3 is 2.39 bits per heavy atom. The van der Waals surface area contributed by atoms with Gasteiger partial charge in [0, 0.05) is 22.4 Å². The third-order valence-electron chi connectivity index (χ3n) is 4.92. The molecule has 7 heteroatoms. The zero-order valence-electron chi connectivity index (χ0n) is 15.4. The molecule has 2 aromatic rings. The van der Waals surface area contributed by atoms with Crippen LogP contribution in [0.5, 0.6) is 0 Å². The van der Waals surface area contributed by atoms with Gasteiger partial charge in [0.05, 0.1) is 12.4 Å². The molecule has 2 aromatic carbocycles. The van der Waals surface area contributed by atoms with Crippen molar-refractivity contribution in [2.45, 2.75) is 37.7 Å². The number of halogens is 1. The number of benzene rings is 2. The third kappa shape index (κ3) is 4.52. The van der Waals surface area contributed by atoms with Crippen LogP contribution in [-0.2, 0) is 19.1 Å². The Kier molecular flexibility index (Phi) is 6.34. The number of hydrogen-bond acceptors (Lipinski definition) is 5. The molecule has 0 spiro atoms. The minimum absolute atomic E-state index is 0.188. The molecule has 0 aliphatic carbocycles. The number of aliphatic carboxylic acids is 1. The standard InChI is InChI=1S/C13H12O5.C8H10ClN/c14-9-6-8-10(7-4-2-1-3-5-7)11(12(15)16)18-13(8)17-9;1-6(10)7-2-4-8(9)5-3-7/h1-5,8,10-11,13H,6H2,(H,15,16);2-6H,10H2,1H3/t8-,10-,11+,13+;6-/m01/s1. The van der Waals surface area contributed by atoms with Crippen LogP contribution in [0.2, 0.25) is 5.02 Å². The molecule has 3 N–H and O–H groups in total. The quantitative estimate of drug-likeness (QED) is 0.781. The van der Waals surface area contributed by atoms with Gasteiger partial charge in [-0.05, 0) is 24.6 Å². The van der Waals surface area contributed by atoms with Crippen LogP contribution in [0.1, 0.15) is 36.4 Å². The highest BCUT2D eigenvalue weighted by molar-refractivity contribution is 6.30. The zero-order chi connectivity index (χ0) is 20.3. The normalized spacial score (nSPS) is 26.6. The van der Waals surface area contributed by atoms with E-state index in [4.69, 9.17) is 21.1 Å². The van der Waals surface area contributed by atoms with Gasteiger partial charge in [-0.3, -0.25) is 4.79 Å². The second-order valence-corrected chi connectivity index (χ2v) is 7.43. The number of carboxylic acids is 1. The SMILES string of the molecule is C[C@@H]([NH3+])c1ccc(Cl)cc1.O=C1C[C@@H]2[C@H](O1)O[C@@H](C(=O)[O-])[C@H]2c1ccccc1. The summed E-state index contributed by atoms with van der Waals surface area (Å²) < 4.78 is 10.2. The largest absolute Gasteiger partial charge is 0.547 e. The molecule has 6 nitrogen and oxygen atoms in total. The van der Waals surface area contributed by atoms with E-state index in [1.807, 2.05) is 54.6 Å². The van der Waals surface area contributed by atoms with Gasteiger partial charge in [-0.15, -0.1) is 0 Å². The average molecular weight is 404 g/mol. The molecule has 28 heavy (non-hydrogen) atoms. The van der Waals surface area contributed by atoms with Gasteiger partial charge in [-0.1, -0.05) is 54.1 Å². The number of ether oxygens (including phenoxy) is 2. The first-order valence-electron chi connectivity index (χ1n) is 9.06. The Bertz CT molecular complexity index is 824. The molecule has 5 atom stereocenters. The van der Waals surface area contributed by atoms with E-state index >= 15 is 0 Å². The van der Waals surface area contributed by atoms with E-state index < -0.39 is 24.3 Å². The monoisotopic (exact) mass is 403 g/mol. The minimum Gasteiger partial charge on any atom is -0.547 e. The maximum atomic E-state index is 11.2. The lowest BCUT2D eigenvalue weighted by Crippen LogP contribution is -2.51. The van der Waals surface area contributed by atoms with Crippen molar-refractivity contribution >= 4 is 23.5 Å². The summed E-state index contributed by atoms with van der Waals surface area (Å²) in [6.45, 7) is 2.06. The zero-order valence-corrected chi connectivity index (χ0v) is 16.2. The molecule has 148 valence electrons. The van der Waals surface area contributed by atoms with E-state index in [0.29, 0.717) is 6.04 Å². The van der Waals surface area contributed by atoms with Crippen molar-refractivity contribution < 1.29 is 29.9 Å². The van der Waals surface area contributed by atoms with Crippen LogP contribution in [0.15, 0.2) is 54.6 Å². The third-order valence-corrected chi connectivity index (χ3v) is 5.18. The van der Waals surface area contributed by atoms with Gasteiger partial charge >= 0.3 is 5.97 Å². The van der Waals surface area contributed by atoms with Gasteiger partial charge in [-0.25, -0.2) is 0 Å². The van der Waals surface area contributed by atoms with Gasteiger partial charge in [0.1, 0.15) is 12.1 Å². The molecule has 0 bridgehead atoms. The predicted molar refractivity (Wildman–Crippen MR) is 99.8 cm³/mol. The van der Waals surface area contributed by atoms with E-state index in [9.17, 15) is 14.7 Å². The van der Waals surface area contributed by atoms with Gasteiger partial charge in [0.25, 0.3) is 0 Å². The number of quaternary nitrogens is 1. The Balaban J connectivity index is 0.000000192. The Labute approximate surface area is 168 Å². The molecule has 0 saturated carbocycles. The lowest BCUT2D eigenvalue weighted by Gasteiger charge is -2.22. The fourth-order valence-electron chi connectivity index (χ4n) is 3.52. The Hall–Kier alpha value is -2.41. The number of esters is 1. The molecule has 2 aliphatic heterocycles. The first kappa shape index (κ1) is 20.3. The average Bonchev–Trinajstić information content (AvgIpc) is 3.19. The smallest absolute Gasteiger partial charge is 0.308 e. The van der Waals surface area contributed by atoms with Crippen LogP contribution < -0.4 is 10.8 Å². The predicted octanol–water partition coefficient (Wildman–Crippen LogP) is 1.45. The molecule has 0 radical (unpaired) electrons. The molecule has 0 amide bonds. The number of rotatable bonds is 3. The summed E-state index contributed by atoms with van der Waals surface area (Å²) in [5, 5.41) is 11.9. The molecule has 2 heterocycles. The van der Waals surface area contributed by atoms with E-state index in [1.165, 1.54) is 5.56 Å². The Morgan fingerprint density at radius 2 is 1.82 bits per heavy atom. The summed E-state index contributed by atoms with van der Waals surface area (Å²) in [6.07, 6.45) is -1.63. The summed E-state index contributed by atoms with van der Waals surface area (Å²) >= 11 is 5.70. The lowest BCUT2D eigenvalue weighted by atomic mass is 9.83. The van der Waals surface area contributed by atoms with Crippen molar-refractivity contribution in [3.63, 3.8) is 0 Å². The van der Waals surface area contributed by atoms with Gasteiger partial charge in [0.15, 0.2) is 0 Å². The summed E-state index contributed by atoms with van der Waals surface area (Å²) in [7, 11) is 0. The van der Waals surface area contributed by atoms with Gasteiger partial charge in [-0.2, -0.15) is 0 Å². The topological polar surface area (TPSA) is 103 Å². The van der Waals surface area contributed by atoms with E-state index in [1.54, 1.807) is 0 Å². The first-order valence-corrected chi connectivity index (χ1v) is 9.44.